The maximum absolute atomic E-state index is 2.68. The summed E-state index contributed by atoms with van der Waals surface area (Å²) in [6.45, 7) is 7.00. The molecule has 0 nitrogen and oxygen atoms in total. The molecule has 1 rings (SSSR count). The Kier molecular flexibility index (Phi) is 9.41. The Labute approximate surface area is 133 Å². The normalized spacial score (nSPS) is 12.1. The summed E-state index contributed by atoms with van der Waals surface area (Å²) in [7, 11) is -1.22. The average Bonchev–Trinajstić information content (AvgIpc) is 2.54. The molecule has 0 N–H and O–H groups in total. The minimum absolute atomic E-state index is 1.22. The van der Waals surface area contributed by atoms with Crippen LogP contribution in [0, 0.1) is 0 Å². The Hall–Kier alpha value is -0.823. The van der Waals surface area contributed by atoms with Crippen LogP contribution in [0.15, 0.2) is 36.0 Å². The molecule has 0 radical (unpaired) electrons. The van der Waals surface area contributed by atoms with Crippen molar-refractivity contribution in [1.82, 2.24) is 0 Å². The van der Waals surface area contributed by atoms with Gasteiger partial charge in [-0.15, -0.1) is 0 Å². The van der Waals surface area contributed by atoms with Crippen LogP contribution < -0.4 is 0 Å². The van der Waals surface area contributed by atoms with E-state index in [4.69, 9.17) is 0 Å². The lowest BCUT2D eigenvalue weighted by Crippen LogP contribution is -2.31. The van der Waals surface area contributed by atoms with Crippen molar-refractivity contribution in [1.29, 1.82) is 0 Å². The average molecular weight is 303 g/mol. The number of rotatable bonds is 11. The van der Waals surface area contributed by atoms with Crippen molar-refractivity contribution in [3.05, 3.63) is 41.6 Å². The highest BCUT2D eigenvalue weighted by Gasteiger charge is 2.27. The van der Waals surface area contributed by atoms with Crippen LogP contribution in [0.2, 0.25) is 18.1 Å². The van der Waals surface area contributed by atoms with Gasteiger partial charge in [0.1, 0.15) is 0 Å². The van der Waals surface area contributed by atoms with E-state index < -0.39 is 8.07 Å². The largest absolute Gasteiger partial charge is 0.0936 e. The molecule has 1 aromatic carbocycles. The minimum atomic E-state index is -1.22. The zero-order chi connectivity index (χ0) is 15.4. The summed E-state index contributed by atoms with van der Waals surface area (Å²) in [5.41, 5.74) is 4.06. The van der Waals surface area contributed by atoms with E-state index in [-0.39, 0.29) is 0 Å². The second kappa shape index (κ2) is 10.8. The van der Waals surface area contributed by atoms with E-state index in [0.29, 0.717) is 0 Å². The molecule has 0 bridgehead atoms. The number of hydrogen-bond donors (Lipinski definition) is 0. The summed E-state index contributed by atoms with van der Waals surface area (Å²) in [5, 5.41) is 0. The first-order chi connectivity index (χ1) is 10.3. The molecule has 0 saturated heterocycles. The first-order valence-electron chi connectivity index (χ1n) is 9.00. The Balaban J connectivity index is 2.86. The van der Waals surface area contributed by atoms with E-state index in [1.807, 2.05) is 0 Å². The van der Waals surface area contributed by atoms with Crippen LogP contribution in [-0.4, -0.2) is 8.07 Å². The maximum Gasteiger partial charge on any atom is 0.0778 e. The molecule has 0 spiro atoms. The molecular formula is C20H34Si. The van der Waals surface area contributed by atoms with Gasteiger partial charge in [0.15, 0.2) is 0 Å². The Morgan fingerprint density at radius 2 is 1.24 bits per heavy atom. The molecule has 0 aliphatic rings. The van der Waals surface area contributed by atoms with Crippen molar-refractivity contribution < 1.29 is 0 Å². The van der Waals surface area contributed by atoms with Crippen LogP contribution in [-0.2, 0) is 0 Å². The molecule has 118 valence electrons. The predicted octanol–water partition coefficient (Wildman–Crippen LogP) is 7.09. The van der Waals surface area contributed by atoms with Crippen molar-refractivity contribution in [3.8, 4) is 0 Å². The third-order valence-electron chi connectivity index (χ3n) is 4.51. The fourth-order valence-electron chi connectivity index (χ4n) is 3.05. The van der Waals surface area contributed by atoms with Gasteiger partial charge >= 0.3 is 0 Å². The molecule has 0 heterocycles. The Morgan fingerprint density at radius 1 is 0.762 bits per heavy atom. The molecule has 0 aromatic heterocycles. The van der Waals surface area contributed by atoms with Gasteiger partial charge in [-0.25, -0.2) is 0 Å². The zero-order valence-electron chi connectivity index (χ0n) is 14.4. The quantitative estimate of drug-likeness (QED) is 0.383. The molecule has 21 heavy (non-hydrogen) atoms. The molecule has 0 aliphatic carbocycles. The lowest BCUT2D eigenvalue weighted by molar-refractivity contribution is 0.800. The van der Waals surface area contributed by atoms with Gasteiger partial charge in [0.05, 0.1) is 8.07 Å². The molecule has 1 aromatic rings. The molecule has 0 unspecified atom stereocenters. The van der Waals surface area contributed by atoms with E-state index in [0.717, 1.165) is 0 Å². The fraction of sp³-hybridized carbons (Fsp3) is 0.600. The van der Waals surface area contributed by atoms with Crippen LogP contribution in [0.1, 0.15) is 64.9 Å². The van der Waals surface area contributed by atoms with Crippen LogP contribution in [0.4, 0.5) is 0 Å². The molecule has 0 saturated carbocycles. The van der Waals surface area contributed by atoms with Gasteiger partial charge in [-0.2, -0.15) is 0 Å². The van der Waals surface area contributed by atoms with Crippen molar-refractivity contribution in [2.75, 3.05) is 0 Å². The van der Waals surface area contributed by atoms with E-state index >= 15 is 0 Å². The van der Waals surface area contributed by atoms with Gasteiger partial charge in [-0.05, 0) is 5.56 Å². The number of unbranched alkanes of at least 4 members (excludes halogenated alkanes) is 3. The molecule has 0 atom stereocenters. The standard InChI is InChI=1S/C20H34Si/c1-4-7-16-21(17-8-5-2,18-9-6-3)19-15-20-13-11-10-12-14-20/h10-15,19H,4-9,16-18H2,1-3H3/b19-15+. The van der Waals surface area contributed by atoms with Gasteiger partial charge in [0.2, 0.25) is 0 Å². The summed E-state index contributed by atoms with van der Waals surface area (Å²) >= 11 is 0. The highest BCUT2D eigenvalue weighted by Crippen LogP contribution is 2.30. The molecule has 0 aliphatic heterocycles. The first-order valence-corrected chi connectivity index (χ1v) is 11.7. The van der Waals surface area contributed by atoms with Crippen molar-refractivity contribution in [3.63, 3.8) is 0 Å². The number of hydrogen-bond acceptors (Lipinski definition) is 0. The van der Waals surface area contributed by atoms with Gasteiger partial charge in [-0.3, -0.25) is 0 Å². The van der Waals surface area contributed by atoms with E-state index in [1.165, 1.54) is 62.2 Å². The smallest absolute Gasteiger partial charge is 0.0778 e. The van der Waals surface area contributed by atoms with Crippen molar-refractivity contribution in [2.45, 2.75) is 77.4 Å². The lowest BCUT2D eigenvalue weighted by Gasteiger charge is -2.29. The summed E-state index contributed by atoms with van der Waals surface area (Å²) in [4.78, 5) is 0. The molecular weight excluding hydrogens is 268 g/mol. The SMILES string of the molecule is CCCC[Si](/C=C/c1ccccc1)(CCCC)CCCC. The summed E-state index contributed by atoms with van der Waals surface area (Å²) in [5.74, 6) is 0. The molecule has 0 amide bonds. The lowest BCUT2D eigenvalue weighted by atomic mass is 10.2. The van der Waals surface area contributed by atoms with Crippen LogP contribution in [0.5, 0.6) is 0 Å². The van der Waals surface area contributed by atoms with E-state index in [1.54, 1.807) is 0 Å². The third kappa shape index (κ3) is 7.13. The molecule has 1 heteroatoms. The van der Waals surface area contributed by atoms with Crippen LogP contribution in [0.3, 0.4) is 0 Å². The molecule has 0 fully saturated rings. The fourth-order valence-corrected chi connectivity index (χ4v) is 8.02. The summed E-state index contributed by atoms with van der Waals surface area (Å²) in [6.07, 6.45) is 10.7. The highest BCUT2D eigenvalue weighted by molar-refractivity contribution is 6.85. The van der Waals surface area contributed by atoms with Gasteiger partial charge < -0.3 is 0 Å². The highest BCUT2D eigenvalue weighted by atomic mass is 28.3. The van der Waals surface area contributed by atoms with Crippen LogP contribution >= 0.6 is 0 Å². The minimum Gasteiger partial charge on any atom is -0.0936 e. The summed E-state index contributed by atoms with van der Waals surface area (Å²) < 4.78 is 0. The van der Waals surface area contributed by atoms with Gasteiger partial charge in [0, 0.05) is 0 Å². The van der Waals surface area contributed by atoms with E-state index in [9.17, 15) is 0 Å². The van der Waals surface area contributed by atoms with Gasteiger partial charge in [0.25, 0.3) is 0 Å². The zero-order valence-corrected chi connectivity index (χ0v) is 15.4. The topological polar surface area (TPSA) is 0 Å². The van der Waals surface area contributed by atoms with Crippen molar-refractivity contribution in [2.24, 2.45) is 0 Å². The second-order valence-electron chi connectivity index (χ2n) is 6.42. The number of benzene rings is 1. The predicted molar refractivity (Wildman–Crippen MR) is 100 cm³/mol. The van der Waals surface area contributed by atoms with E-state index in [2.05, 4.69) is 62.9 Å². The van der Waals surface area contributed by atoms with Crippen LogP contribution in [0.25, 0.3) is 6.08 Å². The monoisotopic (exact) mass is 302 g/mol. The van der Waals surface area contributed by atoms with Crippen molar-refractivity contribution >= 4 is 14.1 Å². The maximum atomic E-state index is 2.68. The third-order valence-corrected chi connectivity index (χ3v) is 9.44. The Morgan fingerprint density at radius 3 is 1.67 bits per heavy atom. The Bertz CT molecular complexity index is 358. The summed E-state index contributed by atoms with van der Waals surface area (Å²) in [6, 6.07) is 15.3. The second-order valence-corrected chi connectivity index (χ2v) is 11.0. The van der Waals surface area contributed by atoms with Gasteiger partial charge in [-0.1, -0.05) is 120 Å². The first kappa shape index (κ1) is 18.2.